The minimum absolute atomic E-state index is 0.0986. The number of pyridine rings is 1. The molecule has 5 rings (SSSR count). The van der Waals surface area contributed by atoms with Gasteiger partial charge >= 0.3 is 0 Å². The lowest BCUT2D eigenvalue weighted by Gasteiger charge is -2.35. The Kier molecular flexibility index (Phi) is 5.38. The Morgan fingerprint density at radius 2 is 1.78 bits per heavy atom. The van der Waals surface area contributed by atoms with Crippen LogP contribution < -0.4 is 10.5 Å². The van der Waals surface area contributed by atoms with Crippen molar-refractivity contribution in [3.63, 3.8) is 0 Å². The van der Waals surface area contributed by atoms with Crippen LogP contribution in [0.1, 0.15) is 31.7 Å². The molecular weight excluding hydrogens is 402 g/mol. The molecule has 1 aliphatic rings. The summed E-state index contributed by atoms with van der Waals surface area (Å²) in [5.74, 6) is 0. The van der Waals surface area contributed by atoms with Crippen LogP contribution in [0.4, 0.5) is 5.69 Å². The van der Waals surface area contributed by atoms with Crippen LogP contribution >= 0.6 is 0 Å². The average Bonchev–Trinajstić information content (AvgIpc) is 3.23. The van der Waals surface area contributed by atoms with Gasteiger partial charge in [0.25, 0.3) is 5.56 Å². The third-order valence-corrected chi connectivity index (χ3v) is 6.17. The molecular formula is C24H29N7O. The molecule has 0 radical (unpaired) electrons. The van der Waals surface area contributed by atoms with E-state index >= 15 is 0 Å². The molecule has 8 nitrogen and oxygen atoms in total. The summed E-state index contributed by atoms with van der Waals surface area (Å²) in [6.45, 7) is 11.5. The fourth-order valence-electron chi connectivity index (χ4n) is 4.53. The number of anilines is 1. The van der Waals surface area contributed by atoms with Crippen LogP contribution in [0, 0.1) is 6.92 Å². The molecule has 0 unspecified atom stereocenters. The molecule has 0 saturated carbocycles. The fourth-order valence-corrected chi connectivity index (χ4v) is 4.53. The van der Waals surface area contributed by atoms with Crippen LogP contribution in [0.15, 0.2) is 41.5 Å². The van der Waals surface area contributed by atoms with Gasteiger partial charge in [0, 0.05) is 38.4 Å². The molecule has 0 atom stereocenters. The van der Waals surface area contributed by atoms with Gasteiger partial charge in [-0.05, 0) is 44.5 Å². The maximum atomic E-state index is 13.0. The highest BCUT2D eigenvalue weighted by atomic mass is 16.1. The van der Waals surface area contributed by atoms with Gasteiger partial charge in [-0.15, -0.1) is 0 Å². The van der Waals surface area contributed by atoms with Crippen molar-refractivity contribution < 1.29 is 0 Å². The SMILES string of the molecule is CCCN1CCN(c2ccc3nc(-c4cc5c(CC)nc(C)cn5n4)cc(=O)n3c2)CC1. The Labute approximate surface area is 187 Å². The maximum absolute atomic E-state index is 13.0. The predicted molar refractivity (Wildman–Crippen MR) is 127 cm³/mol. The molecule has 32 heavy (non-hydrogen) atoms. The van der Waals surface area contributed by atoms with E-state index < -0.39 is 0 Å². The Balaban J connectivity index is 1.48. The van der Waals surface area contributed by atoms with E-state index in [0.717, 1.165) is 61.7 Å². The molecule has 1 aliphatic heterocycles. The van der Waals surface area contributed by atoms with Crippen molar-refractivity contribution in [2.45, 2.75) is 33.6 Å². The number of hydrogen-bond donors (Lipinski definition) is 0. The number of fused-ring (bicyclic) bond motifs is 2. The summed E-state index contributed by atoms with van der Waals surface area (Å²) in [5, 5.41) is 4.67. The molecule has 4 aromatic rings. The Hall–Kier alpha value is -3.26. The van der Waals surface area contributed by atoms with Crippen molar-refractivity contribution >= 4 is 16.9 Å². The third kappa shape index (κ3) is 3.75. The van der Waals surface area contributed by atoms with E-state index in [0.29, 0.717) is 17.0 Å². The van der Waals surface area contributed by atoms with E-state index in [1.807, 2.05) is 36.0 Å². The number of aromatic nitrogens is 5. The van der Waals surface area contributed by atoms with Crippen molar-refractivity contribution in [3.8, 4) is 11.4 Å². The second-order valence-electron chi connectivity index (χ2n) is 8.47. The molecule has 8 heteroatoms. The number of aryl methyl sites for hydroxylation is 2. The van der Waals surface area contributed by atoms with Gasteiger partial charge in [-0.2, -0.15) is 5.10 Å². The van der Waals surface area contributed by atoms with Crippen LogP contribution in [0.2, 0.25) is 0 Å². The van der Waals surface area contributed by atoms with Gasteiger partial charge in [-0.1, -0.05) is 13.8 Å². The molecule has 0 aromatic carbocycles. The fraction of sp³-hybridized carbons (Fsp3) is 0.417. The molecule has 1 fully saturated rings. The molecule has 0 bridgehead atoms. The predicted octanol–water partition coefficient (Wildman–Crippen LogP) is 2.81. The quantitative estimate of drug-likeness (QED) is 0.484. The van der Waals surface area contributed by atoms with Crippen LogP contribution in [0.3, 0.4) is 0 Å². The van der Waals surface area contributed by atoms with Gasteiger partial charge in [0.05, 0.1) is 34.5 Å². The molecule has 0 spiro atoms. The van der Waals surface area contributed by atoms with Crippen molar-refractivity contribution in [1.29, 1.82) is 0 Å². The topological polar surface area (TPSA) is 71.0 Å². The standard InChI is InChI=1S/C24H29N7O/c1-4-8-28-9-11-29(12-10-28)18-6-7-23-26-20(14-24(32)30(23)16-18)21-13-22-19(5-2)25-17(3)15-31(22)27-21/h6-7,13-16H,4-5,8-12H2,1-3H3. The van der Waals surface area contributed by atoms with Crippen LogP contribution in [-0.4, -0.2) is 61.6 Å². The third-order valence-electron chi connectivity index (χ3n) is 6.17. The first-order valence-electron chi connectivity index (χ1n) is 11.4. The van der Waals surface area contributed by atoms with Gasteiger partial charge in [0.2, 0.25) is 0 Å². The van der Waals surface area contributed by atoms with Crippen molar-refractivity contribution in [3.05, 3.63) is 58.4 Å². The number of piperazine rings is 1. The Morgan fingerprint density at radius 3 is 2.53 bits per heavy atom. The summed E-state index contributed by atoms with van der Waals surface area (Å²) < 4.78 is 3.47. The zero-order valence-corrected chi connectivity index (χ0v) is 19.0. The van der Waals surface area contributed by atoms with E-state index in [1.54, 1.807) is 10.5 Å². The first-order chi connectivity index (χ1) is 15.6. The lowest BCUT2D eigenvalue weighted by Crippen LogP contribution is -2.46. The molecule has 166 valence electrons. The second-order valence-corrected chi connectivity index (χ2v) is 8.47. The molecule has 0 amide bonds. The molecule has 1 saturated heterocycles. The van der Waals surface area contributed by atoms with Gasteiger partial charge in [0.1, 0.15) is 11.3 Å². The van der Waals surface area contributed by atoms with E-state index in [4.69, 9.17) is 4.98 Å². The summed E-state index contributed by atoms with van der Waals surface area (Å²) in [4.78, 5) is 27.2. The lowest BCUT2D eigenvalue weighted by atomic mass is 10.2. The Morgan fingerprint density at radius 1 is 0.969 bits per heavy atom. The van der Waals surface area contributed by atoms with Crippen LogP contribution in [0.25, 0.3) is 22.6 Å². The van der Waals surface area contributed by atoms with Crippen molar-refractivity contribution in [1.82, 2.24) is 28.9 Å². The highest BCUT2D eigenvalue weighted by molar-refractivity contribution is 5.66. The van der Waals surface area contributed by atoms with E-state index in [2.05, 4.69) is 39.8 Å². The minimum Gasteiger partial charge on any atom is -0.368 e. The first-order valence-corrected chi connectivity index (χ1v) is 11.4. The number of hydrogen-bond acceptors (Lipinski definition) is 6. The summed E-state index contributed by atoms with van der Waals surface area (Å²) in [6, 6.07) is 7.53. The maximum Gasteiger partial charge on any atom is 0.258 e. The van der Waals surface area contributed by atoms with E-state index in [9.17, 15) is 4.79 Å². The largest absolute Gasteiger partial charge is 0.368 e. The molecule has 0 aliphatic carbocycles. The normalized spacial score (nSPS) is 15.2. The average molecular weight is 432 g/mol. The number of rotatable bonds is 5. The highest BCUT2D eigenvalue weighted by Gasteiger charge is 2.18. The van der Waals surface area contributed by atoms with Gasteiger partial charge < -0.3 is 4.90 Å². The molecule has 4 aromatic heterocycles. The monoisotopic (exact) mass is 431 g/mol. The minimum atomic E-state index is -0.0986. The highest BCUT2D eigenvalue weighted by Crippen LogP contribution is 2.21. The van der Waals surface area contributed by atoms with Crippen LogP contribution in [0.5, 0.6) is 0 Å². The van der Waals surface area contributed by atoms with Gasteiger partial charge in [-0.3, -0.25) is 19.1 Å². The molecule has 5 heterocycles. The Bertz CT molecular complexity index is 1330. The van der Waals surface area contributed by atoms with E-state index in [1.165, 1.54) is 6.42 Å². The summed E-state index contributed by atoms with van der Waals surface area (Å²) >= 11 is 0. The van der Waals surface area contributed by atoms with Crippen molar-refractivity contribution in [2.75, 3.05) is 37.6 Å². The summed E-state index contributed by atoms with van der Waals surface area (Å²) in [6.07, 6.45) is 5.82. The zero-order chi connectivity index (χ0) is 22.2. The van der Waals surface area contributed by atoms with Gasteiger partial charge in [0.15, 0.2) is 0 Å². The smallest absolute Gasteiger partial charge is 0.258 e. The molecule has 0 N–H and O–H groups in total. The van der Waals surface area contributed by atoms with Crippen molar-refractivity contribution in [2.24, 2.45) is 0 Å². The second kappa shape index (κ2) is 8.35. The van der Waals surface area contributed by atoms with Crippen LogP contribution in [-0.2, 0) is 6.42 Å². The number of nitrogens with zero attached hydrogens (tertiary/aromatic N) is 7. The zero-order valence-electron chi connectivity index (χ0n) is 19.0. The first kappa shape index (κ1) is 20.6. The van der Waals surface area contributed by atoms with E-state index in [-0.39, 0.29) is 5.56 Å². The lowest BCUT2D eigenvalue weighted by molar-refractivity contribution is 0.258. The summed E-state index contributed by atoms with van der Waals surface area (Å²) in [5.41, 5.74) is 5.71. The van der Waals surface area contributed by atoms with Gasteiger partial charge in [-0.25, -0.2) is 9.50 Å². The summed E-state index contributed by atoms with van der Waals surface area (Å²) in [7, 11) is 0.